The van der Waals surface area contributed by atoms with Crippen molar-refractivity contribution >= 4 is 12.2 Å². The van der Waals surface area contributed by atoms with Crippen molar-refractivity contribution in [2.75, 3.05) is 32.8 Å². The van der Waals surface area contributed by atoms with Crippen LogP contribution in [0, 0.1) is 0 Å². The molecule has 1 saturated heterocycles. The van der Waals surface area contributed by atoms with Crippen LogP contribution in [0.2, 0.25) is 0 Å². The summed E-state index contributed by atoms with van der Waals surface area (Å²) < 4.78 is 10.6. The van der Waals surface area contributed by atoms with Crippen LogP contribution >= 0.6 is 0 Å². The zero-order valence-electron chi connectivity index (χ0n) is 12.6. The lowest BCUT2D eigenvalue weighted by Gasteiger charge is -2.24. The number of carbonyl (C=O) groups is 2. The van der Waals surface area contributed by atoms with Crippen LogP contribution in [0.25, 0.3) is 0 Å². The summed E-state index contributed by atoms with van der Waals surface area (Å²) in [6, 6.07) is 0.0297. The molecule has 1 fully saturated rings. The highest BCUT2D eigenvalue weighted by Gasteiger charge is 2.41. The molecule has 21 heavy (non-hydrogen) atoms. The smallest absolute Gasteiger partial charge is 0.407 e. The maximum Gasteiger partial charge on any atom is 0.407 e. The molecule has 0 unspecified atom stereocenters. The van der Waals surface area contributed by atoms with Crippen molar-refractivity contribution in [2.45, 2.75) is 32.4 Å². The molecule has 2 rings (SSSR count). The van der Waals surface area contributed by atoms with E-state index < -0.39 is 6.09 Å². The van der Waals surface area contributed by atoms with E-state index in [9.17, 15) is 9.59 Å². The molecule has 2 aliphatic heterocycles. The highest BCUT2D eigenvalue weighted by Crippen LogP contribution is 2.31. The third-order valence-electron chi connectivity index (χ3n) is 3.68. The molecular formula is C14H23N3O4. The fraction of sp³-hybridized carbons (Fsp3) is 0.714. The molecule has 2 aliphatic rings. The average Bonchev–Trinajstić information content (AvgIpc) is 3.01. The van der Waals surface area contributed by atoms with Crippen molar-refractivity contribution in [3.8, 4) is 0 Å². The van der Waals surface area contributed by atoms with Gasteiger partial charge >= 0.3 is 12.2 Å². The molecule has 0 aromatic heterocycles. The second-order valence-corrected chi connectivity index (χ2v) is 5.09. The summed E-state index contributed by atoms with van der Waals surface area (Å²) in [6.07, 6.45) is 1.87. The molecule has 2 heterocycles. The largest absolute Gasteiger partial charge is 0.445 e. The van der Waals surface area contributed by atoms with Crippen LogP contribution in [0.4, 0.5) is 9.59 Å². The summed E-state index contributed by atoms with van der Waals surface area (Å²) in [4.78, 5) is 25.2. The first kappa shape index (κ1) is 15.6. The molecule has 0 aromatic rings. The number of ether oxygens (including phenoxy) is 2. The minimum Gasteiger partial charge on any atom is -0.445 e. The predicted octanol–water partition coefficient (Wildman–Crippen LogP) is 0.862. The van der Waals surface area contributed by atoms with E-state index in [1.807, 2.05) is 13.8 Å². The Morgan fingerprint density at radius 3 is 2.71 bits per heavy atom. The minimum absolute atomic E-state index is 0.0297. The average molecular weight is 297 g/mol. The molecule has 2 atom stereocenters. The molecule has 0 spiro atoms. The van der Waals surface area contributed by atoms with E-state index in [1.165, 1.54) is 0 Å². The van der Waals surface area contributed by atoms with Crippen LogP contribution in [0.5, 0.6) is 0 Å². The summed E-state index contributed by atoms with van der Waals surface area (Å²) in [5.41, 5.74) is 1.01. The van der Waals surface area contributed by atoms with Gasteiger partial charge in [0.2, 0.25) is 0 Å². The highest BCUT2D eigenvalue weighted by molar-refractivity contribution is 5.68. The molecule has 0 saturated carbocycles. The van der Waals surface area contributed by atoms with Crippen LogP contribution in [0.1, 0.15) is 20.3 Å². The van der Waals surface area contributed by atoms with Crippen molar-refractivity contribution in [1.82, 2.24) is 15.5 Å². The van der Waals surface area contributed by atoms with E-state index in [2.05, 4.69) is 21.6 Å². The monoisotopic (exact) mass is 297 g/mol. The van der Waals surface area contributed by atoms with Crippen molar-refractivity contribution in [1.29, 1.82) is 0 Å². The number of nitrogens with zero attached hydrogens (tertiary/aromatic N) is 1. The number of rotatable bonds is 5. The Labute approximate surface area is 124 Å². The number of hydrogen-bond donors (Lipinski definition) is 2. The fourth-order valence-corrected chi connectivity index (χ4v) is 2.79. The van der Waals surface area contributed by atoms with Crippen LogP contribution in [0.15, 0.2) is 11.6 Å². The van der Waals surface area contributed by atoms with Gasteiger partial charge in [-0.25, -0.2) is 9.59 Å². The molecule has 0 aliphatic carbocycles. The maximum atomic E-state index is 11.6. The Bertz CT molecular complexity index is 424. The molecule has 0 bridgehead atoms. The van der Waals surface area contributed by atoms with Gasteiger partial charge in [0, 0.05) is 26.2 Å². The van der Waals surface area contributed by atoms with Crippen molar-refractivity contribution < 1.29 is 19.1 Å². The molecule has 0 aromatic carbocycles. The number of hydrogen-bond acceptors (Lipinski definition) is 5. The Kier molecular flexibility index (Phi) is 5.44. The minimum atomic E-state index is -0.420. The van der Waals surface area contributed by atoms with E-state index >= 15 is 0 Å². The number of fused-ring (bicyclic) bond motifs is 1. The second-order valence-electron chi connectivity index (χ2n) is 5.09. The van der Waals surface area contributed by atoms with E-state index in [1.54, 1.807) is 0 Å². The molecule has 0 radical (unpaired) electrons. The Morgan fingerprint density at radius 1 is 1.29 bits per heavy atom. The van der Waals surface area contributed by atoms with Gasteiger partial charge in [0.25, 0.3) is 0 Å². The summed E-state index contributed by atoms with van der Waals surface area (Å²) in [5.74, 6) is 0. The highest BCUT2D eigenvalue weighted by atomic mass is 16.6. The first-order valence-corrected chi connectivity index (χ1v) is 7.43. The Hall–Kier alpha value is -1.76. The Morgan fingerprint density at radius 2 is 2.00 bits per heavy atom. The zero-order valence-corrected chi connectivity index (χ0v) is 12.6. The van der Waals surface area contributed by atoms with E-state index in [0.717, 1.165) is 25.1 Å². The first-order chi connectivity index (χ1) is 10.2. The lowest BCUT2D eigenvalue weighted by molar-refractivity contribution is 0.0821. The third-order valence-corrected chi connectivity index (χ3v) is 3.68. The predicted molar refractivity (Wildman–Crippen MR) is 77.0 cm³/mol. The van der Waals surface area contributed by atoms with Crippen molar-refractivity contribution in [3.63, 3.8) is 0 Å². The number of carbonyl (C=O) groups excluding carboxylic acids is 2. The van der Waals surface area contributed by atoms with Gasteiger partial charge in [0.1, 0.15) is 12.7 Å². The van der Waals surface area contributed by atoms with Gasteiger partial charge in [-0.15, -0.1) is 0 Å². The lowest BCUT2D eigenvalue weighted by Crippen LogP contribution is -2.38. The van der Waals surface area contributed by atoms with Gasteiger partial charge < -0.3 is 20.1 Å². The van der Waals surface area contributed by atoms with Crippen LogP contribution in [-0.2, 0) is 9.47 Å². The van der Waals surface area contributed by atoms with Crippen molar-refractivity contribution in [2.24, 2.45) is 0 Å². The number of amides is 2. The standard InChI is InChI=1S/C14H23N3O4/c1-3-15-13(18)20-9-10-5-7-17-8-6-11(12(10)17)21-14(19)16-4-2/h5,11-12H,3-4,6-9H2,1-2H3,(H,15,18)(H,16,19)/t11-,12+/m1/s1. The van der Waals surface area contributed by atoms with Gasteiger partial charge in [0.15, 0.2) is 0 Å². The van der Waals surface area contributed by atoms with Crippen LogP contribution in [-0.4, -0.2) is 62.0 Å². The second kappa shape index (κ2) is 7.31. The molecule has 2 amide bonds. The van der Waals surface area contributed by atoms with E-state index in [4.69, 9.17) is 9.47 Å². The summed E-state index contributed by atoms with van der Waals surface area (Å²) in [6.45, 7) is 6.71. The molecule has 7 heteroatoms. The van der Waals surface area contributed by atoms with E-state index in [-0.39, 0.29) is 24.8 Å². The van der Waals surface area contributed by atoms with Gasteiger partial charge in [-0.1, -0.05) is 6.08 Å². The van der Waals surface area contributed by atoms with Gasteiger partial charge in [-0.05, 0) is 25.8 Å². The van der Waals surface area contributed by atoms with Gasteiger partial charge in [0.05, 0.1) is 6.04 Å². The Balaban J connectivity index is 1.88. The molecule has 2 N–H and O–H groups in total. The molecular weight excluding hydrogens is 274 g/mol. The normalized spacial score (nSPS) is 24.2. The number of nitrogens with one attached hydrogen (secondary N) is 2. The van der Waals surface area contributed by atoms with Gasteiger partial charge in [-0.2, -0.15) is 0 Å². The SMILES string of the molecule is CCNC(=O)OCC1=CCN2CC[C@@H](OC(=O)NCC)[C@H]12. The van der Waals surface area contributed by atoms with Crippen LogP contribution in [0.3, 0.4) is 0 Å². The molecule has 118 valence electrons. The first-order valence-electron chi connectivity index (χ1n) is 7.43. The van der Waals surface area contributed by atoms with Crippen molar-refractivity contribution in [3.05, 3.63) is 11.6 Å². The summed E-state index contributed by atoms with van der Waals surface area (Å²) in [5, 5.41) is 5.23. The number of alkyl carbamates (subject to hydrolysis) is 2. The van der Waals surface area contributed by atoms with Crippen LogP contribution < -0.4 is 10.6 Å². The fourth-order valence-electron chi connectivity index (χ4n) is 2.79. The van der Waals surface area contributed by atoms with Gasteiger partial charge in [-0.3, -0.25) is 4.90 Å². The summed E-state index contributed by atoms with van der Waals surface area (Å²) in [7, 11) is 0. The summed E-state index contributed by atoms with van der Waals surface area (Å²) >= 11 is 0. The quantitative estimate of drug-likeness (QED) is 0.736. The third kappa shape index (κ3) is 3.87. The van der Waals surface area contributed by atoms with E-state index in [0.29, 0.717) is 13.1 Å². The topological polar surface area (TPSA) is 79.9 Å². The zero-order chi connectivity index (χ0) is 15.2. The maximum absolute atomic E-state index is 11.6. The molecule has 7 nitrogen and oxygen atoms in total. The lowest BCUT2D eigenvalue weighted by atomic mass is 10.1.